The Kier molecular flexibility index (Phi) is 24.6. The van der Waals surface area contributed by atoms with Gasteiger partial charge >= 0.3 is 0 Å². The van der Waals surface area contributed by atoms with E-state index in [1.165, 1.54) is 14.2 Å². The van der Waals surface area contributed by atoms with Gasteiger partial charge in [-0.05, 0) is 116 Å². The topological polar surface area (TPSA) is 213 Å². The molecule has 9 atom stereocenters. The van der Waals surface area contributed by atoms with Crippen molar-refractivity contribution < 1.29 is 65.4 Å². The maximum atomic E-state index is 14.2. The molecule has 11 rings (SSSR count). The largest absolute Gasteiger partial charge is 0.508 e. The standard InChI is InChI=1S/C27H24FN3O4.C26H22FN3O3.C24H26FN3O4/c1-5-19-23(31-26(32)25(19)28)15-35-27-21-13-24(34-4)22(29-2)12-20(21)17(14-30-27)10-9-16-7-6-8-18(11-16)33-3;1-4-18-22(30-25(31)24(18)27)15-33-26-20-13-23(32-3)21(28-2)12-19(20)17(14-29-26)11-10-16-8-6-5-7-9-16;1-6-16-20(28-23(29)22(16)25)13-31-24-18-11-21(32-14(2)3)19(26-4)10-17(18)15(12-27-24)8-7-9-30-5/h6-8,11-14,19,23,25H,5,15H2,1,3-4H3,(H,31,32);5-9,12-14,18,22,24H,4,15H2,1,3H3,(H,30,31);10-12,14,16,20,22H,6,9,13H2,1-3,5H3,(H,28,29)/t19-,23+,25-;18-,22+,24-;16-,20+,22-/m000/s1. The number of fused-ring (bicyclic) bond motifs is 3. The van der Waals surface area contributed by atoms with Crippen LogP contribution in [0.5, 0.6) is 40.6 Å². The van der Waals surface area contributed by atoms with Crippen LogP contribution in [0.3, 0.4) is 0 Å². The highest BCUT2D eigenvalue weighted by molar-refractivity contribution is 5.99. The van der Waals surface area contributed by atoms with E-state index in [2.05, 4.69) is 81.0 Å². The Hall–Kier alpha value is -11.8. The number of aromatic nitrogens is 3. The zero-order valence-electron chi connectivity index (χ0n) is 56.4. The monoisotopic (exact) mass is 1360 g/mol. The van der Waals surface area contributed by atoms with Gasteiger partial charge in [0.15, 0.2) is 18.5 Å². The van der Waals surface area contributed by atoms with Crippen molar-refractivity contribution in [1.29, 1.82) is 0 Å². The molecule has 0 saturated carbocycles. The number of methoxy groups -OCH3 is 4. The van der Waals surface area contributed by atoms with Crippen LogP contribution in [0.1, 0.15) is 81.7 Å². The molecule has 0 radical (unpaired) electrons. The Morgan fingerprint density at radius 3 is 1.25 bits per heavy atom. The SMILES string of the molecule is [C-]#[N+]c1cc2c(C#CCOC)cnc(OC[C@H]3NC(=O)[C@@H](F)[C@H]3CC)c2cc1OC(C)C.[C-]#[N+]c1cc2c(C#Cc3cccc(OC)c3)cnc(OC[C@H]3NC(=O)[C@@H](F)[C@H]3CC)c2cc1OC.[C-]#[N+]c1cc2c(C#Cc3ccccc3)cnc(OC[C@H]3NC(=O)[C@@H](F)[C@H]3CC)c2cc1OC. The number of carbonyl (C=O) groups excluding carboxylic acids is 3. The van der Waals surface area contributed by atoms with E-state index >= 15 is 0 Å². The van der Waals surface area contributed by atoms with Crippen LogP contribution in [0.2, 0.25) is 0 Å². The summed E-state index contributed by atoms with van der Waals surface area (Å²) in [6.07, 6.45) is 1.51. The average Bonchev–Trinajstić information content (AvgIpc) is 1.05. The van der Waals surface area contributed by atoms with Crippen molar-refractivity contribution in [3.8, 4) is 76.2 Å². The normalized spacial score (nSPS) is 19.3. The van der Waals surface area contributed by atoms with Crippen LogP contribution in [-0.4, -0.2) is 130 Å². The van der Waals surface area contributed by atoms with Crippen molar-refractivity contribution in [2.24, 2.45) is 17.8 Å². The molecule has 3 saturated heterocycles. The van der Waals surface area contributed by atoms with Gasteiger partial charge in [-0.1, -0.05) is 80.6 Å². The number of nitrogens with zero attached hydrogens (tertiary/aromatic N) is 6. The van der Waals surface area contributed by atoms with E-state index in [1.807, 2.05) is 89.2 Å². The van der Waals surface area contributed by atoms with Crippen molar-refractivity contribution in [2.45, 2.75) is 96.6 Å². The van der Waals surface area contributed by atoms with Gasteiger partial charge in [-0.2, -0.15) is 0 Å². The maximum Gasteiger partial charge on any atom is 0.255 e. The molecule has 512 valence electrons. The molecule has 0 bridgehead atoms. The fourth-order valence-electron chi connectivity index (χ4n) is 11.8. The molecule has 100 heavy (non-hydrogen) atoms. The van der Waals surface area contributed by atoms with Crippen molar-refractivity contribution in [3.05, 3.63) is 172 Å². The minimum absolute atomic E-state index is 0.0640. The third-order valence-electron chi connectivity index (χ3n) is 16.9. The first-order valence-corrected chi connectivity index (χ1v) is 32.1. The molecule has 0 aliphatic carbocycles. The summed E-state index contributed by atoms with van der Waals surface area (Å²) in [6, 6.07) is 25.8. The van der Waals surface area contributed by atoms with Gasteiger partial charge in [0, 0.05) is 76.3 Å². The molecule has 3 fully saturated rings. The lowest BCUT2D eigenvalue weighted by molar-refractivity contribution is -0.124. The van der Waals surface area contributed by atoms with E-state index < -0.39 is 72.1 Å². The second kappa shape index (κ2) is 34.0. The van der Waals surface area contributed by atoms with Crippen LogP contribution in [0.25, 0.3) is 46.9 Å². The minimum Gasteiger partial charge on any atom is -0.508 e. The highest BCUT2D eigenvalue weighted by Gasteiger charge is 2.44. The van der Waals surface area contributed by atoms with Crippen molar-refractivity contribution in [2.75, 3.05) is 54.9 Å². The zero-order valence-corrected chi connectivity index (χ0v) is 56.4. The summed E-state index contributed by atoms with van der Waals surface area (Å²) in [5.74, 6) is 17.9. The van der Waals surface area contributed by atoms with Crippen LogP contribution in [0, 0.1) is 73.0 Å². The molecular weight excluding hydrogens is 1280 g/mol. The van der Waals surface area contributed by atoms with E-state index in [4.69, 9.17) is 57.6 Å². The summed E-state index contributed by atoms with van der Waals surface area (Å²) in [6.45, 7) is 32.3. The first kappa shape index (κ1) is 72.5. The van der Waals surface area contributed by atoms with E-state index in [0.717, 1.165) is 11.1 Å². The Bertz CT molecular complexity index is 4690. The Labute approximate surface area is 578 Å². The second-order valence-electron chi connectivity index (χ2n) is 23.5. The lowest BCUT2D eigenvalue weighted by atomic mass is 9.97. The third kappa shape index (κ3) is 16.8. The molecule has 8 aromatic rings. The van der Waals surface area contributed by atoms with Gasteiger partial charge in [0.05, 0.1) is 76.4 Å². The number of hydrogen-bond donors (Lipinski definition) is 3. The number of carbonyl (C=O) groups is 3. The van der Waals surface area contributed by atoms with Crippen LogP contribution in [0.15, 0.2) is 110 Å². The number of halogens is 3. The number of nitrogens with one attached hydrogen (secondary N) is 3. The Morgan fingerprint density at radius 2 is 0.870 bits per heavy atom. The predicted octanol–water partition coefficient (Wildman–Crippen LogP) is 12.7. The van der Waals surface area contributed by atoms with E-state index in [1.54, 1.807) is 69.2 Å². The summed E-state index contributed by atoms with van der Waals surface area (Å²) in [5, 5.41) is 11.9. The molecule has 0 unspecified atom stereocenters. The molecule has 20 nitrogen and oxygen atoms in total. The Morgan fingerprint density at radius 1 is 0.480 bits per heavy atom. The predicted molar refractivity (Wildman–Crippen MR) is 371 cm³/mol. The van der Waals surface area contributed by atoms with Crippen molar-refractivity contribution in [1.82, 2.24) is 30.9 Å². The number of ether oxygens (including phenoxy) is 8. The molecule has 23 heteroatoms. The number of hydrogen-bond acceptors (Lipinski definition) is 14. The number of pyridine rings is 3. The van der Waals surface area contributed by atoms with Gasteiger partial charge in [0.2, 0.25) is 34.7 Å². The summed E-state index contributed by atoms with van der Waals surface area (Å²) in [5.41, 5.74) is 4.51. The maximum absolute atomic E-state index is 14.2. The summed E-state index contributed by atoms with van der Waals surface area (Å²) in [4.78, 5) is 59.3. The first-order chi connectivity index (χ1) is 48.4. The van der Waals surface area contributed by atoms with E-state index in [9.17, 15) is 27.6 Å². The number of alkyl halides is 3. The van der Waals surface area contributed by atoms with Crippen LogP contribution in [-0.2, 0) is 19.1 Å². The van der Waals surface area contributed by atoms with Crippen molar-refractivity contribution in [3.63, 3.8) is 0 Å². The molecule has 3 aliphatic rings. The lowest BCUT2D eigenvalue weighted by Crippen LogP contribution is -2.34. The Balaban J connectivity index is 0.000000175. The molecule has 3 aromatic heterocycles. The number of amides is 3. The molecule has 6 heterocycles. The first-order valence-electron chi connectivity index (χ1n) is 32.1. The summed E-state index contributed by atoms with van der Waals surface area (Å²) < 4.78 is 87.1. The van der Waals surface area contributed by atoms with Gasteiger partial charge in [0.1, 0.15) is 49.4 Å². The van der Waals surface area contributed by atoms with Crippen LogP contribution >= 0.6 is 0 Å². The van der Waals surface area contributed by atoms with Gasteiger partial charge in [-0.25, -0.2) is 42.7 Å². The summed E-state index contributed by atoms with van der Waals surface area (Å²) >= 11 is 0. The van der Waals surface area contributed by atoms with Crippen molar-refractivity contribution >= 4 is 67.1 Å². The van der Waals surface area contributed by atoms with Gasteiger partial charge < -0.3 is 53.8 Å². The third-order valence-corrected chi connectivity index (χ3v) is 16.9. The smallest absolute Gasteiger partial charge is 0.255 e. The van der Waals surface area contributed by atoms with E-state index in [-0.39, 0.29) is 38.4 Å². The fourth-order valence-corrected chi connectivity index (χ4v) is 11.8. The number of rotatable bonds is 18. The van der Waals surface area contributed by atoms with Crippen LogP contribution in [0.4, 0.5) is 30.2 Å². The summed E-state index contributed by atoms with van der Waals surface area (Å²) in [7, 11) is 6.12. The highest BCUT2D eigenvalue weighted by atomic mass is 19.1. The van der Waals surface area contributed by atoms with Gasteiger partial charge in [-0.15, -0.1) is 0 Å². The highest BCUT2D eigenvalue weighted by Crippen LogP contribution is 2.41. The minimum atomic E-state index is -1.55. The molecule has 5 aromatic carbocycles. The zero-order chi connectivity index (χ0) is 71.6. The van der Waals surface area contributed by atoms with Gasteiger partial charge in [-0.3, -0.25) is 14.4 Å². The molecule has 3 N–H and O–H groups in total. The fraction of sp³-hybridized carbons (Fsp3) is 0.338. The van der Waals surface area contributed by atoms with E-state index in [0.29, 0.717) is 120 Å². The average molecular weight is 1360 g/mol. The molecule has 0 spiro atoms. The van der Waals surface area contributed by atoms with Gasteiger partial charge in [0.25, 0.3) is 17.7 Å². The molecule has 3 aliphatic heterocycles. The number of benzene rings is 5. The quantitative estimate of drug-likeness (QED) is 0.0539. The molecular formula is C77H72F3N9O11. The van der Waals surface area contributed by atoms with Crippen LogP contribution < -0.4 is 49.1 Å². The molecule has 3 amide bonds. The lowest BCUT2D eigenvalue weighted by Gasteiger charge is -2.19. The second-order valence-corrected chi connectivity index (χ2v) is 23.5.